The lowest BCUT2D eigenvalue weighted by Crippen LogP contribution is -2.47. The van der Waals surface area contributed by atoms with Crippen LogP contribution in [0, 0.1) is 17.3 Å². The third kappa shape index (κ3) is 5.38. The lowest BCUT2D eigenvalue weighted by Gasteiger charge is -2.36. The van der Waals surface area contributed by atoms with Crippen molar-refractivity contribution in [3.63, 3.8) is 0 Å². The zero-order chi connectivity index (χ0) is 17.6. The van der Waals surface area contributed by atoms with Gasteiger partial charge in [-0.1, -0.05) is 26.7 Å². The van der Waals surface area contributed by atoms with Gasteiger partial charge in [0.25, 0.3) is 0 Å². The van der Waals surface area contributed by atoms with Crippen LogP contribution in [0.25, 0.3) is 0 Å². The predicted molar refractivity (Wildman–Crippen MR) is 99.8 cm³/mol. The summed E-state index contributed by atoms with van der Waals surface area (Å²) in [5.74, 6) is 1.99. The first kappa shape index (κ1) is 19.1. The quantitative estimate of drug-likeness (QED) is 0.579. The van der Waals surface area contributed by atoms with Gasteiger partial charge in [0.15, 0.2) is 5.96 Å². The lowest BCUT2D eigenvalue weighted by molar-refractivity contribution is -0.119. The fourth-order valence-corrected chi connectivity index (χ4v) is 4.25. The molecule has 0 radical (unpaired) electrons. The minimum Gasteiger partial charge on any atom is -0.370 e. The summed E-state index contributed by atoms with van der Waals surface area (Å²) in [6.07, 6.45) is 8.13. The van der Waals surface area contributed by atoms with Crippen molar-refractivity contribution in [3.8, 4) is 0 Å². The summed E-state index contributed by atoms with van der Waals surface area (Å²) in [6.45, 7) is 10.5. The Morgan fingerprint density at radius 1 is 1.25 bits per heavy atom. The second-order valence-electron chi connectivity index (χ2n) is 8.26. The van der Waals surface area contributed by atoms with E-state index in [1.165, 1.54) is 25.7 Å². The largest absolute Gasteiger partial charge is 0.370 e. The molecular weight excluding hydrogens is 300 g/mol. The molecule has 1 amide bonds. The van der Waals surface area contributed by atoms with Gasteiger partial charge >= 0.3 is 0 Å². The zero-order valence-corrected chi connectivity index (χ0v) is 15.8. The summed E-state index contributed by atoms with van der Waals surface area (Å²) in [7, 11) is 0. The Bertz CT molecular complexity index is 441. The number of nitrogens with zero attached hydrogens (tertiary/aromatic N) is 2. The Kier molecular flexibility index (Phi) is 6.93. The summed E-state index contributed by atoms with van der Waals surface area (Å²) in [5, 5.41) is 3.45. The number of hydrogen-bond acceptors (Lipinski definition) is 2. The molecule has 24 heavy (non-hydrogen) atoms. The molecule has 0 aromatic carbocycles. The number of aliphatic imine (C=N–C) groups is 1. The van der Waals surface area contributed by atoms with Gasteiger partial charge in [0.05, 0.1) is 0 Å². The third-order valence-electron chi connectivity index (χ3n) is 5.74. The SMILES string of the molecule is CCNC(=NCC(C)(C)C1CCCC1)N1CCCC(CC(N)=O)C1. The highest BCUT2D eigenvalue weighted by atomic mass is 16.1. The number of hydrogen-bond donors (Lipinski definition) is 2. The molecule has 1 aliphatic heterocycles. The molecule has 1 aliphatic carbocycles. The lowest BCUT2D eigenvalue weighted by atomic mass is 9.78. The minimum absolute atomic E-state index is 0.189. The third-order valence-corrected chi connectivity index (χ3v) is 5.74. The number of nitrogens with two attached hydrogens (primary N) is 1. The van der Waals surface area contributed by atoms with Gasteiger partial charge in [-0.3, -0.25) is 9.79 Å². The van der Waals surface area contributed by atoms with Crippen LogP contribution in [0.4, 0.5) is 0 Å². The summed E-state index contributed by atoms with van der Waals surface area (Å²) in [4.78, 5) is 18.5. The van der Waals surface area contributed by atoms with Gasteiger partial charge in [-0.2, -0.15) is 0 Å². The van der Waals surface area contributed by atoms with Crippen molar-refractivity contribution in [2.24, 2.45) is 28.0 Å². The molecule has 1 saturated heterocycles. The minimum atomic E-state index is -0.189. The highest BCUT2D eigenvalue weighted by molar-refractivity contribution is 5.80. The van der Waals surface area contributed by atoms with E-state index < -0.39 is 0 Å². The number of nitrogens with one attached hydrogen (secondary N) is 1. The molecule has 138 valence electrons. The topological polar surface area (TPSA) is 70.7 Å². The van der Waals surface area contributed by atoms with Crippen LogP contribution in [0.1, 0.15) is 65.7 Å². The second kappa shape index (κ2) is 8.72. The van der Waals surface area contributed by atoms with Crippen molar-refractivity contribution in [3.05, 3.63) is 0 Å². The van der Waals surface area contributed by atoms with Gasteiger partial charge in [0.2, 0.25) is 5.91 Å². The van der Waals surface area contributed by atoms with Crippen LogP contribution in [0.15, 0.2) is 4.99 Å². The van der Waals surface area contributed by atoms with Crippen molar-refractivity contribution in [1.29, 1.82) is 0 Å². The van der Waals surface area contributed by atoms with Crippen LogP contribution in [-0.4, -0.2) is 42.9 Å². The number of carbonyl (C=O) groups excluding carboxylic acids is 1. The standard InChI is InChI=1S/C19H36N4O/c1-4-21-18(22-14-19(2,3)16-9-5-6-10-16)23-11-7-8-15(13-23)12-17(20)24/h15-16H,4-14H2,1-3H3,(H2,20,24)(H,21,22). The maximum Gasteiger partial charge on any atom is 0.217 e. The van der Waals surface area contributed by atoms with Crippen LogP contribution in [0.5, 0.6) is 0 Å². The fraction of sp³-hybridized carbons (Fsp3) is 0.895. The van der Waals surface area contributed by atoms with Crippen molar-refractivity contribution < 1.29 is 4.79 Å². The van der Waals surface area contributed by atoms with Gasteiger partial charge in [0, 0.05) is 32.6 Å². The van der Waals surface area contributed by atoms with E-state index in [4.69, 9.17) is 10.7 Å². The van der Waals surface area contributed by atoms with Crippen LogP contribution in [-0.2, 0) is 4.79 Å². The van der Waals surface area contributed by atoms with E-state index in [0.717, 1.165) is 50.9 Å². The molecule has 2 fully saturated rings. The number of likely N-dealkylation sites (tertiary alicyclic amines) is 1. The van der Waals surface area contributed by atoms with Crippen molar-refractivity contribution in [1.82, 2.24) is 10.2 Å². The van der Waals surface area contributed by atoms with Crippen LogP contribution >= 0.6 is 0 Å². The van der Waals surface area contributed by atoms with E-state index in [1.807, 2.05) is 0 Å². The maximum atomic E-state index is 11.2. The smallest absolute Gasteiger partial charge is 0.217 e. The molecule has 5 nitrogen and oxygen atoms in total. The normalized spacial score (nSPS) is 23.5. The van der Waals surface area contributed by atoms with Crippen molar-refractivity contribution >= 4 is 11.9 Å². The monoisotopic (exact) mass is 336 g/mol. The van der Waals surface area contributed by atoms with E-state index in [0.29, 0.717) is 12.3 Å². The average Bonchev–Trinajstić information content (AvgIpc) is 3.06. The molecule has 2 aliphatic rings. The van der Waals surface area contributed by atoms with Gasteiger partial charge in [-0.15, -0.1) is 0 Å². The molecule has 0 bridgehead atoms. The molecule has 0 aromatic heterocycles. The summed E-state index contributed by atoms with van der Waals surface area (Å²) < 4.78 is 0. The molecule has 3 N–H and O–H groups in total. The average molecular weight is 337 g/mol. The van der Waals surface area contributed by atoms with Gasteiger partial charge in [-0.25, -0.2) is 0 Å². The number of carbonyl (C=O) groups is 1. The summed E-state index contributed by atoms with van der Waals surface area (Å²) >= 11 is 0. The van der Waals surface area contributed by atoms with Crippen molar-refractivity contribution in [2.45, 2.75) is 65.7 Å². The van der Waals surface area contributed by atoms with Gasteiger partial charge in [0.1, 0.15) is 0 Å². The Balaban J connectivity index is 2.00. The van der Waals surface area contributed by atoms with E-state index >= 15 is 0 Å². The van der Waals surface area contributed by atoms with Gasteiger partial charge in [-0.05, 0) is 49.9 Å². The Morgan fingerprint density at radius 3 is 2.58 bits per heavy atom. The highest BCUT2D eigenvalue weighted by Gasteiger charge is 2.32. The number of primary amides is 1. The van der Waals surface area contributed by atoms with E-state index in [1.54, 1.807) is 0 Å². The van der Waals surface area contributed by atoms with Crippen molar-refractivity contribution in [2.75, 3.05) is 26.2 Å². The molecule has 5 heteroatoms. The molecule has 0 spiro atoms. The highest BCUT2D eigenvalue weighted by Crippen LogP contribution is 2.39. The predicted octanol–water partition coefficient (Wildman–Crippen LogP) is 2.76. The van der Waals surface area contributed by atoms with E-state index in [9.17, 15) is 4.79 Å². The first-order chi connectivity index (χ1) is 11.4. The van der Waals surface area contributed by atoms with Crippen LogP contribution in [0.2, 0.25) is 0 Å². The molecule has 1 unspecified atom stereocenters. The molecule has 2 rings (SSSR count). The number of guanidine groups is 1. The van der Waals surface area contributed by atoms with Gasteiger partial charge < -0.3 is 16.0 Å². The van der Waals surface area contributed by atoms with Crippen LogP contribution < -0.4 is 11.1 Å². The first-order valence-corrected chi connectivity index (χ1v) is 9.74. The fourth-order valence-electron chi connectivity index (χ4n) is 4.25. The molecule has 1 atom stereocenters. The second-order valence-corrected chi connectivity index (χ2v) is 8.26. The molecule has 1 heterocycles. The molecule has 1 saturated carbocycles. The number of piperidine rings is 1. The Hall–Kier alpha value is -1.26. The number of rotatable bonds is 6. The molecule has 0 aromatic rings. The maximum absolute atomic E-state index is 11.2. The summed E-state index contributed by atoms with van der Waals surface area (Å²) in [6, 6.07) is 0. The van der Waals surface area contributed by atoms with E-state index in [2.05, 4.69) is 31.0 Å². The van der Waals surface area contributed by atoms with Crippen LogP contribution in [0.3, 0.4) is 0 Å². The van der Waals surface area contributed by atoms with E-state index in [-0.39, 0.29) is 11.3 Å². The summed E-state index contributed by atoms with van der Waals surface area (Å²) in [5.41, 5.74) is 5.65. The number of amides is 1. The molecular formula is C19H36N4O. The zero-order valence-electron chi connectivity index (χ0n) is 15.8. The Morgan fingerprint density at radius 2 is 1.96 bits per heavy atom. The first-order valence-electron chi connectivity index (χ1n) is 9.74. The Labute approximate surface area is 147 Å².